The molecule has 0 unspecified atom stereocenters. The first-order chi connectivity index (χ1) is 12.3. The number of rotatable bonds is 5. The van der Waals surface area contributed by atoms with E-state index in [2.05, 4.69) is 36.4 Å². The number of carbonyl (C=O) groups excluding carboxylic acids is 1. The van der Waals surface area contributed by atoms with Gasteiger partial charge in [-0.25, -0.2) is 0 Å². The number of hydrogen-bond acceptors (Lipinski definition) is 2. The first kappa shape index (κ1) is 17.5. The topological polar surface area (TPSA) is 26.3 Å². The standard InChI is InChI=1S/3C6H5.C4H6O2.Sn/c3*1-2-4-6-5-3-1;1-2-3-4(5)6;/h3*1-5H;2-3H,1H3,(H,5,6);/q;;;;+1/p-1. The third-order valence-electron chi connectivity index (χ3n) is 4.10. The molecule has 0 N–H and O–H groups in total. The van der Waals surface area contributed by atoms with Crippen molar-refractivity contribution in [3.63, 3.8) is 0 Å². The molecule has 0 saturated heterocycles. The van der Waals surface area contributed by atoms with Gasteiger partial charge in [0.2, 0.25) is 0 Å². The van der Waals surface area contributed by atoms with Crippen LogP contribution in [0.15, 0.2) is 103 Å². The van der Waals surface area contributed by atoms with Crippen molar-refractivity contribution in [1.82, 2.24) is 0 Å². The summed E-state index contributed by atoms with van der Waals surface area (Å²) < 4.78 is 9.67. The Balaban J connectivity index is 2.29. The van der Waals surface area contributed by atoms with Crippen molar-refractivity contribution in [3.8, 4) is 0 Å². The summed E-state index contributed by atoms with van der Waals surface area (Å²) in [4.78, 5) is 12.5. The van der Waals surface area contributed by atoms with Crippen LogP contribution >= 0.6 is 0 Å². The van der Waals surface area contributed by atoms with E-state index in [1.165, 1.54) is 6.08 Å². The normalized spacial score (nSPS) is 11.4. The van der Waals surface area contributed by atoms with Gasteiger partial charge in [-0.3, -0.25) is 0 Å². The Morgan fingerprint density at radius 2 is 1.08 bits per heavy atom. The van der Waals surface area contributed by atoms with Crippen molar-refractivity contribution >= 4 is 35.5 Å². The molecule has 0 atom stereocenters. The van der Waals surface area contributed by atoms with Gasteiger partial charge < -0.3 is 0 Å². The first-order valence-electron chi connectivity index (χ1n) is 8.29. The van der Waals surface area contributed by atoms with Gasteiger partial charge in [-0.05, 0) is 0 Å². The molecule has 0 saturated carbocycles. The molecule has 3 aromatic carbocycles. The van der Waals surface area contributed by atoms with Gasteiger partial charge in [0.25, 0.3) is 0 Å². The Kier molecular flexibility index (Phi) is 5.71. The predicted octanol–water partition coefficient (Wildman–Crippen LogP) is 2.77. The summed E-state index contributed by atoms with van der Waals surface area (Å²) in [5.74, 6) is -0.283. The van der Waals surface area contributed by atoms with Crippen LogP contribution in [0.5, 0.6) is 0 Å². The van der Waals surface area contributed by atoms with Crippen LogP contribution in [-0.2, 0) is 7.87 Å². The van der Waals surface area contributed by atoms with E-state index in [9.17, 15) is 4.79 Å². The summed E-state index contributed by atoms with van der Waals surface area (Å²) in [7, 11) is 0. The molecule has 0 bridgehead atoms. The average Bonchev–Trinajstić information content (AvgIpc) is 2.68. The van der Waals surface area contributed by atoms with Crippen LogP contribution in [0.3, 0.4) is 0 Å². The summed E-state index contributed by atoms with van der Waals surface area (Å²) in [5.41, 5.74) is 0. The van der Waals surface area contributed by atoms with E-state index in [-0.39, 0.29) is 5.97 Å². The number of benzene rings is 3. The molecule has 3 rings (SSSR count). The van der Waals surface area contributed by atoms with Crippen LogP contribution < -0.4 is 10.7 Å². The Morgan fingerprint density at radius 3 is 1.40 bits per heavy atom. The summed E-state index contributed by atoms with van der Waals surface area (Å²) >= 11 is -3.91. The van der Waals surface area contributed by atoms with Crippen molar-refractivity contribution in [1.29, 1.82) is 0 Å². The second kappa shape index (κ2) is 8.17. The average molecular weight is 435 g/mol. The minimum atomic E-state index is -3.91. The number of carbonyl (C=O) groups is 1. The van der Waals surface area contributed by atoms with Crippen LogP contribution in [0.4, 0.5) is 0 Å². The van der Waals surface area contributed by atoms with Gasteiger partial charge >= 0.3 is 153 Å². The van der Waals surface area contributed by atoms with Crippen molar-refractivity contribution in [2.24, 2.45) is 0 Å². The molecular formula is C22H20O2Sn. The maximum absolute atomic E-state index is 12.5. The Bertz CT molecular complexity index is 746. The molecule has 25 heavy (non-hydrogen) atoms. The van der Waals surface area contributed by atoms with E-state index in [1.54, 1.807) is 6.08 Å². The van der Waals surface area contributed by atoms with Gasteiger partial charge in [0.1, 0.15) is 0 Å². The van der Waals surface area contributed by atoms with Crippen molar-refractivity contribution < 1.29 is 7.87 Å². The van der Waals surface area contributed by atoms with E-state index < -0.39 is 18.8 Å². The summed E-state index contributed by atoms with van der Waals surface area (Å²) in [6.07, 6.45) is 3.22. The molecule has 124 valence electrons. The molecule has 0 aromatic heterocycles. The van der Waals surface area contributed by atoms with Crippen molar-refractivity contribution in [2.45, 2.75) is 6.92 Å². The molecule has 0 fully saturated rings. The second-order valence-corrected chi connectivity index (χ2v) is 15.1. The molecule has 0 spiro atoms. The van der Waals surface area contributed by atoms with Gasteiger partial charge in [0.15, 0.2) is 0 Å². The molecule has 0 aliphatic carbocycles. The van der Waals surface area contributed by atoms with E-state index in [1.807, 2.05) is 61.5 Å². The van der Waals surface area contributed by atoms with Crippen LogP contribution in [0.25, 0.3) is 0 Å². The molecule has 2 nitrogen and oxygen atoms in total. The van der Waals surface area contributed by atoms with Gasteiger partial charge in [-0.15, -0.1) is 0 Å². The van der Waals surface area contributed by atoms with Crippen LogP contribution in [0, 0.1) is 0 Å². The summed E-state index contributed by atoms with van der Waals surface area (Å²) in [6.45, 7) is 1.83. The fourth-order valence-corrected chi connectivity index (χ4v) is 13.6. The molecule has 0 radical (unpaired) electrons. The zero-order chi connectivity index (χ0) is 17.5. The van der Waals surface area contributed by atoms with Gasteiger partial charge in [0.05, 0.1) is 0 Å². The molecule has 0 aliphatic rings. The molecule has 0 heterocycles. The predicted molar refractivity (Wildman–Crippen MR) is 105 cm³/mol. The van der Waals surface area contributed by atoms with Crippen LogP contribution in [-0.4, -0.2) is 24.8 Å². The SMILES string of the molecule is CC=CC(=O)[O][Sn]([c]1ccccc1)([c]1ccccc1)[c]1ccccc1. The Labute approximate surface area is 153 Å². The quantitative estimate of drug-likeness (QED) is 0.456. The third-order valence-corrected chi connectivity index (χ3v) is 15.4. The fraction of sp³-hybridized carbons (Fsp3) is 0.0455. The van der Waals surface area contributed by atoms with Crippen LogP contribution in [0.1, 0.15) is 6.92 Å². The zero-order valence-corrected chi connectivity index (χ0v) is 17.0. The van der Waals surface area contributed by atoms with Crippen LogP contribution in [0.2, 0.25) is 0 Å². The molecule has 0 amide bonds. The number of allylic oxidation sites excluding steroid dienone is 1. The van der Waals surface area contributed by atoms with E-state index in [4.69, 9.17) is 3.07 Å². The summed E-state index contributed by atoms with van der Waals surface area (Å²) in [5, 5.41) is 0. The third kappa shape index (κ3) is 3.69. The second-order valence-electron chi connectivity index (χ2n) is 5.70. The molecule has 3 heteroatoms. The van der Waals surface area contributed by atoms with Gasteiger partial charge in [-0.1, -0.05) is 0 Å². The minimum absolute atomic E-state index is 0.283. The van der Waals surface area contributed by atoms with E-state index in [0.29, 0.717) is 0 Å². The Morgan fingerprint density at radius 1 is 0.720 bits per heavy atom. The van der Waals surface area contributed by atoms with Crippen molar-refractivity contribution in [2.75, 3.05) is 0 Å². The first-order valence-corrected chi connectivity index (χ1v) is 13.7. The van der Waals surface area contributed by atoms with Crippen molar-refractivity contribution in [3.05, 3.63) is 103 Å². The number of hydrogen-bond donors (Lipinski definition) is 0. The van der Waals surface area contributed by atoms with E-state index >= 15 is 0 Å². The maximum atomic E-state index is 12.5. The molecule has 3 aromatic rings. The van der Waals surface area contributed by atoms with E-state index in [0.717, 1.165) is 10.7 Å². The van der Waals surface area contributed by atoms with Gasteiger partial charge in [-0.2, -0.15) is 0 Å². The van der Waals surface area contributed by atoms with Gasteiger partial charge in [0, 0.05) is 0 Å². The fourth-order valence-electron chi connectivity index (χ4n) is 3.02. The molecular weight excluding hydrogens is 415 g/mol. The Hall–Kier alpha value is -2.33. The summed E-state index contributed by atoms with van der Waals surface area (Å²) in [6, 6.07) is 30.5. The monoisotopic (exact) mass is 436 g/mol. The molecule has 0 aliphatic heterocycles. The zero-order valence-electron chi connectivity index (χ0n) is 14.1.